The number of para-hydroxylation sites is 2. The minimum absolute atomic E-state index is 0.675. The minimum atomic E-state index is -0.675. The molecule has 216 valence electrons. The Morgan fingerprint density at radius 1 is 0.413 bits per heavy atom. The summed E-state index contributed by atoms with van der Waals surface area (Å²) in [5, 5.41) is 0. The van der Waals surface area contributed by atoms with Gasteiger partial charge in [0.25, 0.3) is 0 Å². The van der Waals surface area contributed by atoms with Gasteiger partial charge >= 0.3 is 0 Å². The Kier molecular flexibility index (Phi) is 7.02. The maximum atomic E-state index is 3.93. The molecule has 1 atom stereocenters. The van der Waals surface area contributed by atoms with E-state index in [1.807, 2.05) is 0 Å². The molecule has 0 aromatic heterocycles. The zero-order valence-electron chi connectivity index (χ0n) is 25.3. The molecule has 0 aliphatic heterocycles. The molecule has 0 radical (unpaired) electrons. The molecule has 0 fully saturated rings. The van der Waals surface area contributed by atoms with Gasteiger partial charge in [0.15, 0.2) is 0 Å². The van der Waals surface area contributed by atoms with Gasteiger partial charge in [0.1, 0.15) is 5.41 Å². The molecule has 1 unspecified atom stereocenters. The van der Waals surface area contributed by atoms with Crippen LogP contribution >= 0.6 is 0 Å². The van der Waals surface area contributed by atoms with Crippen molar-refractivity contribution in [3.8, 4) is 34.1 Å². The van der Waals surface area contributed by atoms with Crippen molar-refractivity contribution in [3.05, 3.63) is 210 Å². The lowest BCUT2D eigenvalue weighted by Gasteiger charge is -2.30. The molecule has 1 aliphatic rings. The second kappa shape index (κ2) is 11.8. The fourth-order valence-electron chi connectivity index (χ4n) is 6.91. The topological polar surface area (TPSA) is 3.24 Å². The van der Waals surface area contributed by atoms with Crippen molar-refractivity contribution in [2.45, 2.75) is 5.41 Å². The molecule has 1 aliphatic carbocycles. The Morgan fingerprint density at radius 2 is 0.935 bits per heavy atom. The summed E-state index contributed by atoms with van der Waals surface area (Å²) in [6.45, 7) is 0. The van der Waals surface area contributed by atoms with E-state index in [0.717, 1.165) is 39.3 Å². The standard InChI is InChI=1S/C45H31N/c1-5-18-34(19-6-1)39-27-14-13-20-35(39)32-33-45(36-21-7-2-8-22-36)41-29-16-15-28-40(41)44-42(45)30-17-31-43(44)46(37-23-9-3-10-24-37)38-25-11-4-12-26-38/h1-31H. The summed E-state index contributed by atoms with van der Waals surface area (Å²) in [6.07, 6.45) is 0. The van der Waals surface area contributed by atoms with Crippen LogP contribution in [0.3, 0.4) is 0 Å². The van der Waals surface area contributed by atoms with Gasteiger partial charge in [-0.3, -0.25) is 0 Å². The summed E-state index contributed by atoms with van der Waals surface area (Å²) < 4.78 is 0. The van der Waals surface area contributed by atoms with Crippen molar-refractivity contribution >= 4 is 17.1 Å². The predicted molar refractivity (Wildman–Crippen MR) is 192 cm³/mol. The van der Waals surface area contributed by atoms with Crippen LogP contribution < -0.4 is 4.90 Å². The minimum Gasteiger partial charge on any atom is -0.310 e. The SMILES string of the molecule is C(#CC1(c2ccccc2)c2ccccc2-c2c(N(c3ccccc3)c3ccccc3)cccc21)c1ccccc1-c1ccccc1. The maximum absolute atomic E-state index is 3.93. The lowest BCUT2D eigenvalue weighted by molar-refractivity contribution is 0.837. The summed E-state index contributed by atoms with van der Waals surface area (Å²) in [5.41, 5.74) is 12.0. The fourth-order valence-corrected chi connectivity index (χ4v) is 6.91. The number of hydrogen-bond donors (Lipinski definition) is 0. The summed E-state index contributed by atoms with van der Waals surface area (Å²) in [4.78, 5) is 2.37. The van der Waals surface area contributed by atoms with Crippen LogP contribution in [0.5, 0.6) is 0 Å². The number of fused-ring (bicyclic) bond motifs is 3. The van der Waals surface area contributed by atoms with Gasteiger partial charge in [-0.2, -0.15) is 0 Å². The molecule has 0 saturated carbocycles. The number of rotatable bonds is 5. The largest absolute Gasteiger partial charge is 0.310 e. The molecular formula is C45H31N. The molecule has 46 heavy (non-hydrogen) atoms. The molecule has 8 rings (SSSR count). The van der Waals surface area contributed by atoms with E-state index in [1.165, 1.54) is 22.3 Å². The van der Waals surface area contributed by atoms with Crippen LogP contribution in [0.1, 0.15) is 22.3 Å². The summed E-state index contributed by atoms with van der Waals surface area (Å²) >= 11 is 0. The highest BCUT2D eigenvalue weighted by atomic mass is 15.1. The summed E-state index contributed by atoms with van der Waals surface area (Å²) in [5.74, 6) is 7.65. The third-order valence-electron chi connectivity index (χ3n) is 8.92. The van der Waals surface area contributed by atoms with Crippen LogP contribution in [0.15, 0.2) is 188 Å². The molecule has 0 saturated heterocycles. The third kappa shape index (κ3) is 4.60. The molecule has 0 bridgehead atoms. The van der Waals surface area contributed by atoms with Crippen molar-refractivity contribution in [1.82, 2.24) is 0 Å². The highest BCUT2D eigenvalue weighted by Crippen LogP contribution is 2.56. The van der Waals surface area contributed by atoms with Crippen molar-refractivity contribution in [2.24, 2.45) is 0 Å². The lowest BCUT2D eigenvalue weighted by Crippen LogP contribution is -2.25. The van der Waals surface area contributed by atoms with Gasteiger partial charge in [0, 0.05) is 22.5 Å². The first-order valence-corrected chi connectivity index (χ1v) is 15.7. The monoisotopic (exact) mass is 585 g/mol. The maximum Gasteiger partial charge on any atom is 0.108 e. The van der Waals surface area contributed by atoms with Crippen molar-refractivity contribution in [2.75, 3.05) is 4.90 Å². The highest BCUT2D eigenvalue weighted by Gasteiger charge is 2.45. The molecule has 0 heterocycles. The molecule has 1 nitrogen and oxygen atoms in total. The van der Waals surface area contributed by atoms with E-state index >= 15 is 0 Å². The Morgan fingerprint density at radius 3 is 1.61 bits per heavy atom. The van der Waals surface area contributed by atoms with Crippen molar-refractivity contribution in [3.63, 3.8) is 0 Å². The third-order valence-corrected chi connectivity index (χ3v) is 8.92. The van der Waals surface area contributed by atoms with E-state index < -0.39 is 5.41 Å². The van der Waals surface area contributed by atoms with Crippen LogP contribution in [-0.2, 0) is 5.41 Å². The average molecular weight is 586 g/mol. The van der Waals surface area contributed by atoms with E-state index in [4.69, 9.17) is 0 Å². The van der Waals surface area contributed by atoms with Gasteiger partial charge in [-0.1, -0.05) is 164 Å². The van der Waals surface area contributed by atoms with E-state index in [1.54, 1.807) is 0 Å². The van der Waals surface area contributed by atoms with Crippen LogP contribution in [0.4, 0.5) is 17.1 Å². The highest BCUT2D eigenvalue weighted by molar-refractivity contribution is 5.97. The second-order valence-corrected chi connectivity index (χ2v) is 11.5. The lowest BCUT2D eigenvalue weighted by atomic mass is 9.72. The van der Waals surface area contributed by atoms with Gasteiger partial charge in [-0.05, 0) is 69.8 Å². The van der Waals surface area contributed by atoms with E-state index in [-0.39, 0.29) is 0 Å². The van der Waals surface area contributed by atoms with Crippen LogP contribution in [0, 0.1) is 11.8 Å². The van der Waals surface area contributed by atoms with Crippen LogP contribution in [-0.4, -0.2) is 0 Å². The Balaban J connectivity index is 1.42. The molecule has 1 heteroatoms. The first-order valence-electron chi connectivity index (χ1n) is 15.7. The molecular weight excluding hydrogens is 555 g/mol. The zero-order valence-corrected chi connectivity index (χ0v) is 25.3. The van der Waals surface area contributed by atoms with Gasteiger partial charge < -0.3 is 4.90 Å². The Bertz CT molecular complexity index is 2150. The average Bonchev–Trinajstić information content (AvgIpc) is 3.44. The van der Waals surface area contributed by atoms with Crippen molar-refractivity contribution < 1.29 is 0 Å². The van der Waals surface area contributed by atoms with Gasteiger partial charge in [-0.15, -0.1) is 0 Å². The van der Waals surface area contributed by atoms with Gasteiger partial charge in [-0.25, -0.2) is 0 Å². The van der Waals surface area contributed by atoms with Gasteiger partial charge in [0.2, 0.25) is 0 Å². The first kappa shape index (κ1) is 27.4. The smallest absolute Gasteiger partial charge is 0.108 e. The number of benzene rings is 7. The molecule has 0 amide bonds. The fraction of sp³-hybridized carbons (Fsp3) is 0.0222. The predicted octanol–water partition coefficient (Wildman–Crippen LogP) is 11.2. The van der Waals surface area contributed by atoms with Gasteiger partial charge in [0.05, 0.1) is 5.69 Å². The second-order valence-electron chi connectivity index (χ2n) is 11.5. The summed E-state index contributed by atoms with van der Waals surface area (Å²) in [7, 11) is 0. The number of nitrogens with zero attached hydrogens (tertiary/aromatic N) is 1. The number of hydrogen-bond acceptors (Lipinski definition) is 1. The molecule has 7 aromatic carbocycles. The van der Waals surface area contributed by atoms with E-state index in [0.29, 0.717) is 0 Å². The summed E-state index contributed by atoms with van der Waals surface area (Å²) in [6, 6.07) is 66.6. The normalized spacial score (nSPS) is 14.4. The zero-order chi connectivity index (χ0) is 30.8. The molecule has 0 spiro atoms. The van der Waals surface area contributed by atoms with Crippen molar-refractivity contribution in [1.29, 1.82) is 0 Å². The molecule has 7 aromatic rings. The quantitative estimate of drug-likeness (QED) is 0.182. The number of anilines is 3. The Hall–Kier alpha value is -6.10. The molecule has 0 N–H and O–H groups in total. The van der Waals surface area contributed by atoms with E-state index in [9.17, 15) is 0 Å². The van der Waals surface area contributed by atoms with Crippen LogP contribution in [0.25, 0.3) is 22.3 Å². The first-order chi connectivity index (χ1) is 22.8. The Labute approximate surface area is 271 Å². The van der Waals surface area contributed by atoms with E-state index in [2.05, 4.69) is 205 Å². The van der Waals surface area contributed by atoms with Crippen LogP contribution in [0.2, 0.25) is 0 Å².